The maximum absolute atomic E-state index is 13.5. The van der Waals surface area contributed by atoms with Crippen LogP contribution in [0.5, 0.6) is 0 Å². The van der Waals surface area contributed by atoms with E-state index in [1.165, 1.54) is 69.8 Å². The van der Waals surface area contributed by atoms with Crippen LogP contribution in [0.25, 0.3) is 0 Å². The number of hydrogen-bond donors (Lipinski definition) is 0. The van der Waals surface area contributed by atoms with E-state index in [1.54, 1.807) is 0 Å². The van der Waals surface area contributed by atoms with Crippen molar-refractivity contribution in [2.24, 2.45) is 35.5 Å². The third-order valence-corrected chi connectivity index (χ3v) is 14.7. The van der Waals surface area contributed by atoms with E-state index in [1.807, 2.05) is 0 Å². The van der Waals surface area contributed by atoms with E-state index in [0.29, 0.717) is 29.6 Å². The van der Waals surface area contributed by atoms with Crippen molar-refractivity contribution in [2.45, 2.75) is 138 Å². The summed E-state index contributed by atoms with van der Waals surface area (Å²) in [6.45, 7) is 6.92. The van der Waals surface area contributed by atoms with Crippen LogP contribution in [0, 0.1) is 35.5 Å². The average Bonchev–Trinajstić information content (AvgIpc) is 3.74. The molecule has 0 aromatic heterocycles. The molecule has 0 heterocycles. The van der Waals surface area contributed by atoms with Crippen LogP contribution in [0.3, 0.4) is 0 Å². The van der Waals surface area contributed by atoms with Crippen molar-refractivity contribution in [3.05, 3.63) is 28.8 Å². The van der Waals surface area contributed by atoms with E-state index in [-0.39, 0.29) is 21.1 Å². The molecule has 4 heteroatoms. The second-order valence-electron chi connectivity index (χ2n) is 14.6. The molecule has 37 heavy (non-hydrogen) atoms. The van der Waals surface area contributed by atoms with Gasteiger partial charge in [0.05, 0.1) is 4.90 Å². The highest BCUT2D eigenvalue weighted by molar-refractivity contribution is 7.85. The van der Waals surface area contributed by atoms with E-state index in [4.69, 9.17) is 0 Å². The van der Waals surface area contributed by atoms with Crippen molar-refractivity contribution in [3.63, 3.8) is 0 Å². The molecule has 1 aromatic carbocycles. The largest absolute Gasteiger partial charge is 0.744 e. The Morgan fingerprint density at radius 3 is 1.32 bits per heavy atom. The zero-order valence-corrected chi connectivity index (χ0v) is 24.2. The van der Waals surface area contributed by atoms with Gasteiger partial charge < -0.3 is 4.55 Å². The lowest BCUT2D eigenvalue weighted by Crippen LogP contribution is -2.40. The van der Waals surface area contributed by atoms with Gasteiger partial charge in [-0.1, -0.05) is 52.2 Å². The van der Waals surface area contributed by atoms with Crippen LogP contribution in [-0.4, -0.2) is 13.0 Å². The van der Waals surface area contributed by atoms with Gasteiger partial charge in [-0.2, -0.15) is 0 Å². The lowest BCUT2D eigenvalue weighted by molar-refractivity contribution is 0.231. The zero-order chi connectivity index (χ0) is 25.8. The van der Waals surface area contributed by atoms with Gasteiger partial charge in [0.1, 0.15) is 10.1 Å². The summed E-state index contributed by atoms with van der Waals surface area (Å²) in [7, 11) is -4.60. The molecule has 9 atom stereocenters. The molecule has 6 fully saturated rings. The highest BCUT2D eigenvalue weighted by Crippen LogP contribution is 2.65. The molecule has 0 radical (unpaired) electrons. The van der Waals surface area contributed by atoms with Gasteiger partial charge in [-0.15, -0.1) is 0 Å². The Morgan fingerprint density at radius 2 is 1.05 bits per heavy atom. The van der Waals surface area contributed by atoms with Crippen molar-refractivity contribution in [1.29, 1.82) is 0 Å². The number of benzene rings is 1. The van der Waals surface area contributed by atoms with Crippen molar-refractivity contribution >= 4 is 10.1 Å². The van der Waals surface area contributed by atoms with E-state index in [2.05, 4.69) is 32.9 Å². The number of fused-ring (bicyclic) bond motifs is 6. The molecule has 1 aromatic rings. The minimum absolute atomic E-state index is 0.139. The molecule has 7 rings (SSSR count). The smallest absolute Gasteiger partial charge is 0.125 e. The summed E-state index contributed by atoms with van der Waals surface area (Å²) in [5, 5.41) is 0. The molecule has 0 saturated heterocycles. The minimum Gasteiger partial charge on any atom is -0.744 e. The standard InChI is InChI=1S/C33H48O3S/c1-4-31(18-21-7-10-24(31)13-21)27-16-28(32(5-2)19-22-8-11-25(32)14-22)30(37(34,35)36)29(17-27)33(6-3)20-23-9-12-26(33)15-23/h16-17,21-26H,4-15,18-20H2,1-3H3,(H,34,35,36)/p-1. The van der Waals surface area contributed by atoms with Gasteiger partial charge in [0, 0.05) is 0 Å². The molecule has 6 bridgehead atoms. The van der Waals surface area contributed by atoms with Crippen molar-refractivity contribution in [2.75, 3.05) is 0 Å². The Hall–Kier alpha value is -0.870. The number of rotatable bonds is 7. The van der Waals surface area contributed by atoms with Crippen LogP contribution in [-0.2, 0) is 26.4 Å². The Labute approximate surface area is 225 Å². The third-order valence-electron chi connectivity index (χ3n) is 13.8. The molecule has 204 valence electrons. The average molecular weight is 524 g/mol. The Morgan fingerprint density at radius 1 is 0.676 bits per heavy atom. The summed E-state index contributed by atoms with van der Waals surface area (Å²) in [5.41, 5.74) is 3.27. The highest BCUT2D eigenvalue weighted by Gasteiger charge is 2.57. The maximum atomic E-state index is 13.5. The molecular weight excluding hydrogens is 476 g/mol. The van der Waals surface area contributed by atoms with Crippen LogP contribution in [0.1, 0.15) is 134 Å². The molecule has 9 unspecified atom stereocenters. The fraction of sp³-hybridized carbons (Fsp3) is 0.818. The van der Waals surface area contributed by atoms with Gasteiger partial charge in [0.15, 0.2) is 0 Å². The predicted octanol–water partition coefficient (Wildman–Crippen LogP) is 7.99. The second kappa shape index (κ2) is 8.32. The fourth-order valence-electron chi connectivity index (χ4n) is 12.2. The van der Waals surface area contributed by atoms with Crippen LogP contribution >= 0.6 is 0 Å². The van der Waals surface area contributed by atoms with Crippen molar-refractivity contribution < 1.29 is 13.0 Å². The van der Waals surface area contributed by atoms with E-state index < -0.39 is 10.1 Å². The maximum Gasteiger partial charge on any atom is 0.125 e. The molecule has 6 saturated carbocycles. The molecule has 0 N–H and O–H groups in total. The SMILES string of the molecule is CCC1(c2cc(C3(CC)CC4CCC3C4)c(S(=O)(=O)[O-])c(C3(CC)CC4CCC3C4)c2)CC2CCC1C2. The topological polar surface area (TPSA) is 57.2 Å². The molecule has 6 aliphatic carbocycles. The van der Waals surface area contributed by atoms with E-state index in [9.17, 15) is 13.0 Å². The minimum atomic E-state index is -4.60. The molecule has 0 aliphatic heterocycles. The van der Waals surface area contributed by atoms with Crippen LogP contribution in [0.15, 0.2) is 17.0 Å². The van der Waals surface area contributed by atoms with Crippen molar-refractivity contribution in [3.8, 4) is 0 Å². The first-order chi connectivity index (χ1) is 17.7. The molecular formula is C33H47O3S-. The molecule has 0 amide bonds. The Kier molecular flexibility index (Phi) is 5.65. The second-order valence-corrected chi connectivity index (χ2v) is 15.9. The van der Waals surface area contributed by atoms with Crippen LogP contribution < -0.4 is 0 Å². The molecule has 0 spiro atoms. The number of hydrogen-bond acceptors (Lipinski definition) is 3. The Bertz CT molecular complexity index is 1150. The lowest BCUT2D eigenvalue weighted by atomic mass is 9.60. The molecule has 6 aliphatic rings. The first-order valence-corrected chi connectivity index (χ1v) is 17.2. The van der Waals surface area contributed by atoms with E-state index in [0.717, 1.165) is 49.1 Å². The van der Waals surface area contributed by atoms with E-state index >= 15 is 0 Å². The summed E-state index contributed by atoms with van der Waals surface area (Å²) in [4.78, 5) is 0.259. The normalized spacial score (nSPS) is 45.9. The lowest BCUT2D eigenvalue weighted by Gasteiger charge is -2.46. The monoisotopic (exact) mass is 523 g/mol. The van der Waals surface area contributed by atoms with Crippen LogP contribution in [0.4, 0.5) is 0 Å². The first kappa shape index (κ1) is 25.1. The Balaban J connectivity index is 1.53. The highest BCUT2D eigenvalue weighted by atomic mass is 32.2. The first-order valence-electron chi connectivity index (χ1n) is 15.8. The summed E-state index contributed by atoms with van der Waals surface area (Å²) in [6.07, 6.45) is 17.9. The van der Waals surface area contributed by atoms with Gasteiger partial charge in [-0.25, -0.2) is 8.42 Å². The van der Waals surface area contributed by atoms with Crippen molar-refractivity contribution in [1.82, 2.24) is 0 Å². The van der Waals surface area contributed by atoms with Crippen LogP contribution in [0.2, 0.25) is 0 Å². The zero-order valence-electron chi connectivity index (χ0n) is 23.4. The predicted molar refractivity (Wildman–Crippen MR) is 147 cm³/mol. The third kappa shape index (κ3) is 3.30. The van der Waals surface area contributed by atoms with Gasteiger partial charge in [0.2, 0.25) is 0 Å². The fourth-order valence-corrected chi connectivity index (χ4v) is 13.2. The van der Waals surface area contributed by atoms with Gasteiger partial charge in [-0.3, -0.25) is 0 Å². The summed E-state index contributed by atoms with van der Waals surface area (Å²) in [6, 6.07) is 4.69. The molecule has 3 nitrogen and oxygen atoms in total. The quantitative estimate of drug-likeness (QED) is 0.340. The summed E-state index contributed by atoms with van der Waals surface area (Å²) >= 11 is 0. The summed E-state index contributed by atoms with van der Waals surface area (Å²) in [5.74, 6) is 4.00. The van der Waals surface area contributed by atoms with Gasteiger partial charge in [-0.05, 0) is 145 Å². The van der Waals surface area contributed by atoms with Gasteiger partial charge >= 0.3 is 0 Å². The van der Waals surface area contributed by atoms with Gasteiger partial charge in [0.25, 0.3) is 0 Å². The summed E-state index contributed by atoms with van der Waals surface area (Å²) < 4.78 is 40.4.